The third-order valence-corrected chi connectivity index (χ3v) is 3.48. The zero-order valence-corrected chi connectivity index (χ0v) is 12.3. The Labute approximate surface area is 117 Å². The van der Waals surface area contributed by atoms with Crippen molar-refractivity contribution in [2.45, 2.75) is 64.4 Å². The van der Waals surface area contributed by atoms with E-state index in [1.807, 2.05) is 6.07 Å². The number of aromatic nitrogens is 1. The molecule has 0 saturated heterocycles. The van der Waals surface area contributed by atoms with Gasteiger partial charge in [-0.25, -0.2) is 0 Å². The highest BCUT2D eigenvalue weighted by atomic mass is 16.5. The second-order valence-corrected chi connectivity index (χ2v) is 5.04. The van der Waals surface area contributed by atoms with Gasteiger partial charge in [-0.05, 0) is 12.5 Å². The standard InChI is InChI=1S/C16H27NO2/c1-3-4-5-6-7-8-9-10-15(18)14-11-12-17-13-16(14)19-2/h11-13,15,18H,3-10H2,1-2H3. The molecule has 0 bridgehead atoms. The zero-order chi connectivity index (χ0) is 13.9. The fourth-order valence-electron chi connectivity index (χ4n) is 2.29. The van der Waals surface area contributed by atoms with Gasteiger partial charge in [0.2, 0.25) is 0 Å². The maximum atomic E-state index is 10.2. The van der Waals surface area contributed by atoms with E-state index in [-0.39, 0.29) is 0 Å². The molecule has 0 aliphatic rings. The summed E-state index contributed by atoms with van der Waals surface area (Å²) >= 11 is 0. The fourth-order valence-corrected chi connectivity index (χ4v) is 2.29. The van der Waals surface area contributed by atoms with E-state index in [2.05, 4.69) is 11.9 Å². The van der Waals surface area contributed by atoms with Gasteiger partial charge in [0, 0.05) is 11.8 Å². The molecule has 108 valence electrons. The van der Waals surface area contributed by atoms with E-state index in [0.29, 0.717) is 5.75 Å². The minimum absolute atomic E-state index is 0.436. The van der Waals surface area contributed by atoms with Crippen LogP contribution in [-0.2, 0) is 0 Å². The zero-order valence-electron chi connectivity index (χ0n) is 12.3. The summed E-state index contributed by atoms with van der Waals surface area (Å²) in [6.45, 7) is 2.23. The predicted octanol–water partition coefficient (Wildman–Crippen LogP) is 4.26. The average molecular weight is 265 g/mol. The summed E-state index contributed by atoms with van der Waals surface area (Å²) in [6.07, 6.45) is 12.6. The van der Waals surface area contributed by atoms with E-state index < -0.39 is 6.10 Å². The largest absolute Gasteiger partial charge is 0.495 e. The van der Waals surface area contributed by atoms with Gasteiger partial charge in [-0.15, -0.1) is 0 Å². The monoisotopic (exact) mass is 265 g/mol. The first-order valence-corrected chi connectivity index (χ1v) is 7.45. The number of aliphatic hydroxyl groups excluding tert-OH is 1. The summed E-state index contributed by atoms with van der Waals surface area (Å²) in [5.41, 5.74) is 0.850. The lowest BCUT2D eigenvalue weighted by atomic mass is 10.0. The molecular weight excluding hydrogens is 238 g/mol. The van der Waals surface area contributed by atoms with Gasteiger partial charge in [0.15, 0.2) is 0 Å². The van der Waals surface area contributed by atoms with Crippen LogP contribution < -0.4 is 4.74 Å². The summed E-state index contributed by atoms with van der Waals surface area (Å²) in [6, 6.07) is 1.84. The van der Waals surface area contributed by atoms with Gasteiger partial charge in [0.05, 0.1) is 19.4 Å². The highest BCUT2D eigenvalue weighted by molar-refractivity contribution is 5.31. The minimum atomic E-state index is -0.436. The van der Waals surface area contributed by atoms with Gasteiger partial charge in [-0.1, -0.05) is 51.9 Å². The number of pyridine rings is 1. The predicted molar refractivity (Wildman–Crippen MR) is 78.4 cm³/mol. The van der Waals surface area contributed by atoms with Crippen LogP contribution in [-0.4, -0.2) is 17.2 Å². The van der Waals surface area contributed by atoms with Crippen molar-refractivity contribution in [1.82, 2.24) is 4.98 Å². The van der Waals surface area contributed by atoms with Crippen LogP contribution in [0.1, 0.15) is 70.0 Å². The summed E-state index contributed by atoms with van der Waals surface area (Å²) in [4.78, 5) is 4.00. The van der Waals surface area contributed by atoms with E-state index in [0.717, 1.165) is 18.4 Å². The molecule has 1 unspecified atom stereocenters. The van der Waals surface area contributed by atoms with Gasteiger partial charge in [0.25, 0.3) is 0 Å². The number of nitrogens with zero attached hydrogens (tertiary/aromatic N) is 1. The van der Waals surface area contributed by atoms with Gasteiger partial charge < -0.3 is 9.84 Å². The van der Waals surface area contributed by atoms with Crippen molar-refractivity contribution in [3.63, 3.8) is 0 Å². The van der Waals surface area contributed by atoms with Crippen LogP contribution in [0.2, 0.25) is 0 Å². The molecule has 0 aliphatic heterocycles. The van der Waals surface area contributed by atoms with Crippen LogP contribution in [0.25, 0.3) is 0 Å². The lowest BCUT2D eigenvalue weighted by molar-refractivity contribution is 0.159. The highest BCUT2D eigenvalue weighted by Crippen LogP contribution is 2.27. The van der Waals surface area contributed by atoms with Crippen molar-refractivity contribution >= 4 is 0 Å². The quantitative estimate of drug-likeness (QED) is 0.643. The molecule has 0 spiro atoms. The number of unbranched alkanes of at least 4 members (excludes halogenated alkanes) is 6. The summed E-state index contributed by atoms with van der Waals surface area (Å²) < 4.78 is 5.22. The number of hydrogen-bond acceptors (Lipinski definition) is 3. The van der Waals surface area contributed by atoms with Crippen molar-refractivity contribution in [2.75, 3.05) is 7.11 Å². The Bertz CT molecular complexity index is 341. The van der Waals surface area contributed by atoms with Crippen LogP contribution in [0.15, 0.2) is 18.5 Å². The van der Waals surface area contributed by atoms with E-state index >= 15 is 0 Å². The van der Waals surface area contributed by atoms with Crippen LogP contribution >= 0.6 is 0 Å². The van der Waals surface area contributed by atoms with Crippen molar-refractivity contribution in [3.05, 3.63) is 24.0 Å². The smallest absolute Gasteiger partial charge is 0.142 e. The topological polar surface area (TPSA) is 42.4 Å². The lowest BCUT2D eigenvalue weighted by Gasteiger charge is -2.14. The molecule has 1 N–H and O–H groups in total. The van der Waals surface area contributed by atoms with Crippen LogP contribution in [0.4, 0.5) is 0 Å². The number of ether oxygens (including phenoxy) is 1. The lowest BCUT2D eigenvalue weighted by Crippen LogP contribution is -2.01. The van der Waals surface area contributed by atoms with Gasteiger partial charge in [0.1, 0.15) is 5.75 Å². The summed E-state index contributed by atoms with van der Waals surface area (Å²) in [5, 5.41) is 10.2. The Balaban J connectivity index is 2.22. The molecule has 1 rings (SSSR count). The van der Waals surface area contributed by atoms with E-state index in [1.165, 1.54) is 38.5 Å². The number of methoxy groups -OCH3 is 1. The normalized spacial score (nSPS) is 12.4. The summed E-state index contributed by atoms with van der Waals surface area (Å²) in [7, 11) is 1.61. The third kappa shape index (κ3) is 6.06. The second kappa shape index (κ2) is 9.79. The molecular formula is C16H27NO2. The molecule has 0 fully saturated rings. The molecule has 3 heteroatoms. The van der Waals surface area contributed by atoms with E-state index in [1.54, 1.807) is 19.5 Å². The third-order valence-electron chi connectivity index (χ3n) is 3.48. The van der Waals surface area contributed by atoms with Crippen LogP contribution in [0, 0.1) is 0 Å². The number of rotatable bonds is 10. The molecule has 1 aromatic rings. The fraction of sp³-hybridized carbons (Fsp3) is 0.688. The molecule has 0 aliphatic carbocycles. The van der Waals surface area contributed by atoms with E-state index in [4.69, 9.17) is 4.74 Å². The van der Waals surface area contributed by atoms with Crippen LogP contribution in [0.5, 0.6) is 5.75 Å². The second-order valence-electron chi connectivity index (χ2n) is 5.04. The van der Waals surface area contributed by atoms with Gasteiger partial charge in [-0.3, -0.25) is 4.98 Å². The maximum Gasteiger partial charge on any atom is 0.142 e. The SMILES string of the molecule is CCCCCCCCCC(O)c1ccncc1OC. The first kappa shape index (κ1) is 16.0. The number of aliphatic hydroxyl groups is 1. The summed E-state index contributed by atoms with van der Waals surface area (Å²) in [5.74, 6) is 0.679. The molecule has 19 heavy (non-hydrogen) atoms. The molecule has 1 aromatic heterocycles. The van der Waals surface area contributed by atoms with Crippen molar-refractivity contribution < 1.29 is 9.84 Å². The molecule has 0 saturated carbocycles. The molecule has 0 radical (unpaired) electrons. The molecule has 1 atom stereocenters. The Morgan fingerprint density at radius 3 is 2.53 bits per heavy atom. The average Bonchev–Trinajstić information content (AvgIpc) is 2.46. The minimum Gasteiger partial charge on any atom is -0.495 e. The molecule has 1 heterocycles. The van der Waals surface area contributed by atoms with Crippen LogP contribution in [0.3, 0.4) is 0 Å². The number of hydrogen-bond donors (Lipinski definition) is 1. The molecule has 0 amide bonds. The van der Waals surface area contributed by atoms with E-state index in [9.17, 15) is 5.11 Å². The Hall–Kier alpha value is -1.09. The van der Waals surface area contributed by atoms with Crippen molar-refractivity contribution in [3.8, 4) is 5.75 Å². The first-order valence-electron chi connectivity index (χ1n) is 7.45. The highest BCUT2D eigenvalue weighted by Gasteiger charge is 2.12. The Morgan fingerprint density at radius 2 is 1.84 bits per heavy atom. The molecule has 3 nitrogen and oxygen atoms in total. The Kier molecular flexibility index (Phi) is 8.23. The van der Waals surface area contributed by atoms with Crippen molar-refractivity contribution in [2.24, 2.45) is 0 Å². The molecule has 0 aromatic carbocycles. The van der Waals surface area contributed by atoms with Gasteiger partial charge >= 0.3 is 0 Å². The van der Waals surface area contributed by atoms with Gasteiger partial charge in [-0.2, -0.15) is 0 Å². The maximum absolute atomic E-state index is 10.2. The Morgan fingerprint density at radius 1 is 1.16 bits per heavy atom. The van der Waals surface area contributed by atoms with Crippen molar-refractivity contribution in [1.29, 1.82) is 0 Å². The first-order chi connectivity index (χ1) is 9.29.